The summed E-state index contributed by atoms with van der Waals surface area (Å²) in [5, 5.41) is 14.9. The number of hydrogen-bond acceptors (Lipinski definition) is 9. The highest BCUT2D eigenvalue weighted by molar-refractivity contribution is 7.99. The van der Waals surface area contributed by atoms with Gasteiger partial charge >= 0.3 is 5.97 Å². The highest BCUT2D eigenvalue weighted by Gasteiger charge is 2.28. The van der Waals surface area contributed by atoms with Crippen LogP contribution in [0.2, 0.25) is 0 Å². The van der Waals surface area contributed by atoms with E-state index in [1.807, 2.05) is 18.2 Å². The molecule has 4 rings (SSSR count). The quantitative estimate of drug-likeness (QED) is 0.287. The molecule has 3 aromatic rings. The Balaban J connectivity index is 1.28. The minimum atomic E-state index is -0.394. The smallest absolute Gasteiger partial charge is 0.341 e. The van der Waals surface area contributed by atoms with Crippen LogP contribution in [0, 0.1) is 0 Å². The molecule has 0 unspecified atom stereocenters. The number of nitrogens with zero attached hydrogens (tertiary/aromatic N) is 3. The van der Waals surface area contributed by atoms with Gasteiger partial charge in [-0.05, 0) is 43.9 Å². The molecule has 190 valence electrons. The van der Waals surface area contributed by atoms with Crippen LogP contribution in [0.4, 0.5) is 5.00 Å². The minimum absolute atomic E-state index is 0.0913. The van der Waals surface area contributed by atoms with Crippen molar-refractivity contribution in [1.29, 1.82) is 0 Å². The molecule has 1 aliphatic carbocycles. The van der Waals surface area contributed by atoms with Crippen LogP contribution in [-0.2, 0) is 40.8 Å². The van der Waals surface area contributed by atoms with Gasteiger partial charge in [-0.1, -0.05) is 30.0 Å². The fraction of sp³-hybridized carbons (Fsp3) is 0.375. The van der Waals surface area contributed by atoms with Gasteiger partial charge in [0.1, 0.15) is 10.8 Å². The summed E-state index contributed by atoms with van der Waals surface area (Å²) in [6.07, 6.45) is 2.74. The Labute approximate surface area is 216 Å². The first-order chi connectivity index (χ1) is 17.5. The zero-order valence-corrected chi connectivity index (χ0v) is 21.7. The van der Waals surface area contributed by atoms with Crippen molar-refractivity contribution < 1.29 is 23.9 Å². The number of thioether (sulfide) groups is 1. The van der Waals surface area contributed by atoms with E-state index in [1.54, 1.807) is 30.7 Å². The van der Waals surface area contributed by atoms with Gasteiger partial charge in [0, 0.05) is 11.9 Å². The predicted octanol–water partition coefficient (Wildman–Crippen LogP) is 2.97. The third-order valence-electron chi connectivity index (χ3n) is 5.47. The Hall–Kier alpha value is -3.38. The summed E-state index contributed by atoms with van der Waals surface area (Å²) in [5.74, 6) is 0.329. The van der Waals surface area contributed by atoms with Crippen LogP contribution < -0.4 is 15.4 Å². The highest BCUT2D eigenvalue weighted by Crippen LogP contribution is 2.39. The Morgan fingerprint density at radius 1 is 1.14 bits per heavy atom. The van der Waals surface area contributed by atoms with Crippen LogP contribution >= 0.6 is 23.1 Å². The lowest BCUT2D eigenvalue weighted by molar-refractivity contribution is -0.123. The second-order valence-electron chi connectivity index (χ2n) is 7.96. The van der Waals surface area contributed by atoms with E-state index in [2.05, 4.69) is 20.8 Å². The van der Waals surface area contributed by atoms with Gasteiger partial charge in [0.2, 0.25) is 5.91 Å². The number of rotatable bonds is 11. The summed E-state index contributed by atoms with van der Waals surface area (Å²) in [6, 6.07) is 9.09. The van der Waals surface area contributed by atoms with Crippen LogP contribution in [0.25, 0.3) is 0 Å². The number of amides is 2. The lowest BCUT2D eigenvalue weighted by Gasteiger charge is -2.08. The zero-order valence-electron chi connectivity index (χ0n) is 20.0. The molecule has 2 aromatic heterocycles. The van der Waals surface area contributed by atoms with E-state index in [4.69, 9.17) is 9.47 Å². The average molecular weight is 530 g/mol. The topological polar surface area (TPSA) is 124 Å². The van der Waals surface area contributed by atoms with E-state index in [0.29, 0.717) is 27.3 Å². The maximum atomic E-state index is 12.7. The van der Waals surface area contributed by atoms with Crippen molar-refractivity contribution >= 4 is 45.9 Å². The Morgan fingerprint density at radius 2 is 1.94 bits per heavy atom. The van der Waals surface area contributed by atoms with Crippen molar-refractivity contribution in [3.05, 3.63) is 52.2 Å². The van der Waals surface area contributed by atoms with Gasteiger partial charge < -0.3 is 24.7 Å². The maximum Gasteiger partial charge on any atom is 0.341 e. The molecule has 1 aliphatic rings. The van der Waals surface area contributed by atoms with Crippen LogP contribution in [0.3, 0.4) is 0 Å². The molecule has 12 heteroatoms. The van der Waals surface area contributed by atoms with Gasteiger partial charge in [-0.2, -0.15) is 0 Å². The molecule has 10 nitrogen and oxygen atoms in total. The third kappa shape index (κ3) is 6.24. The maximum absolute atomic E-state index is 12.7. The van der Waals surface area contributed by atoms with Gasteiger partial charge in [0.15, 0.2) is 17.6 Å². The lowest BCUT2D eigenvalue weighted by Crippen LogP contribution is -2.29. The number of benzene rings is 1. The number of nitrogens with one attached hydrogen (secondary N) is 2. The minimum Gasteiger partial charge on any atom is -0.484 e. The summed E-state index contributed by atoms with van der Waals surface area (Å²) in [4.78, 5) is 38.4. The number of fused-ring (bicyclic) bond motifs is 1. The molecule has 1 aromatic carbocycles. The molecule has 0 spiro atoms. The Kier molecular flexibility index (Phi) is 8.60. The number of hydrogen-bond donors (Lipinski definition) is 2. The molecule has 0 fully saturated rings. The van der Waals surface area contributed by atoms with Crippen LogP contribution in [0.5, 0.6) is 5.75 Å². The summed E-state index contributed by atoms with van der Waals surface area (Å²) < 4.78 is 12.4. The molecule has 0 atom stereocenters. The predicted molar refractivity (Wildman–Crippen MR) is 136 cm³/mol. The fourth-order valence-electron chi connectivity index (χ4n) is 3.72. The van der Waals surface area contributed by atoms with Crippen LogP contribution in [0.15, 0.2) is 35.5 Å². The molecule has 2 heterocycles. The Morgan fingerprint density at radius 3 is 2.72 bits per heavy atom. The first kappa shape index (κ1) is 25.7. The monoisotopic (exact) mass is 529 g/mol. The summed E-state index contributed by atoms with van der Waals surface area (Å²) in [7, 11) is 1.77. The number of ether oxygens (including phenoxy) is 2. The second-order valence-corrected chi connectivity index (χ2v) is 10.0. The van der Waals surface area contributed by atoms with Crippen molar-refractivity contribution in [3.63, 3.8) is 0 Å². The first-order valence-electron chi connectivity index (χ1n) is 11.5. The molecule has 0 bridgehead atoms. The highest BCUT2D eigenvalue weighted by atomic mass is 32.2. The molecular formula is C24H27N5O5S2. The molecular weight excluding hydrogens is 502 g/mol. The first-order valence-corrected chi connectivity index (χ1v) is 13.3. The molecule has 0 saturated carbocycles. The van der Waals surface area contributed by atoms with Crippen LogP contribution in [0.1, 0.15) is 40.0 Å². The molecule has 2 amide bonds. The van der Waals surface area contributed by atoms with Crippen molar-refractivity contribution in [2.75, 3.05) is 24.3 Å². The van der Waals surface area contributed by atoms with Crippen molar-refractivity contribution in [1.82, 2.24) is 20.1 Å². The van der Waals surface area contributed by atoms with Crippen molar-refractivity contribution in [2.45, 2.75) is 37.9 Å². The van der Waals surface area contributed by atoms with Crippen molar-refractivity contribution in [2.24, 2.45) is 7.05 Å². The molecule has 2 N–H and O–H groups in total. The van der Waals surface area contributed by atoms with Gasteiger partial charge in [-0.15, -0.1) is 21.5 Å². The summed E-state index contributed by atoms with van der Waals surface area (Å²) in [6.45, 7) is 2.11. The van der Waals surface area contributed by atoms with E-state index < -0.39 is 5.97 Å². The number of carbonyl (C=O) groups excluding carboxylic acids is 3. The standard InChI is InChI=1S/C24H27N5O5S2/c1-3-33-23(32)21-16-10-7-11-17(16)36-22(21)26-20(31)14-35-24-28-27-18(29(24)2)12-25-19(30)13-34-15-8-5-4-6-9-15/h4-6,8-9H,3,7,10-14H2,1-2H3,(H,25,30)(H,26,31). The average Bonchev–Trinajstić information content (AvgIpc) is 3.55. The fourth-order valence-corrected chi connectivity index (χ4v) is 5.75. The number of anilines is 1. The molecule has 0 radical (unpaired) electrons. The second kappa shape index (κ2) is 12.0. The third-order valence-corrected chi connectivity index (χ3v) is 7.70. The van der Waals surface area contributed by atoms with E-state index in [9.17, 15) is 14.4 Å². The SMILES string of the molecule is CCOC(=O)c1c(NC(=O)CSc2nnc(CNC(=O)COc3ccccc3)n2C)sc2c1CCC2. The molecule has 36 heavy (non-hydrogen) atoms. The number of aryl methyl sites for hydroxylation is 1. The molecule has 0 saturated heterocycles. The number of thiophene rings is 1. The van der Waals surface area contributed by atoms with E-state index >= 15 is 0 Å². The zero-order chi connectivity index (χ0) is 25.5. The lowest BCUT2D eigenvalue weighted by atomic mass is 10.1. The van der Waals surface area contributed by atoms with Gasteiger partial charge in [-0.3, -0.25) is 9.59 Å². The normalized spacial score (nSPS) is 12.2. The van der Waals surface area contributed by atoms with E-state index in [0.717, 1.165) is 29.7 Å². The number of aromatic nitrogens is 3. The number of esters is 1. The molecule has 0 aliphatic heterocycles. The van der Waals surface area contributed by atoms with E-state index in [1.165, 1.54) is 23.1 Å². The largest absolute Gasteiger partial charge is 0.484 e. The van der Waals surface area contributed by atoms with Gasteiger partial charge in [0.25, 0.3) is 5.91 Å². The summed E-state index contributed by atoms with van der Waals surface area (Å²) >= 11 is 2.67. The van der Waals surface area contributed by atoms with E-state index in [-0.39, 0.29) is 37.3 Å². The summed E-state index contributed by atoms with van der Waals surface area (Å²) in [5.41, 5.74) is 1.48. The Bertz CT molecular complexity index is 1240. The van der Waals surface area contributed by atoms with Gasteiger partial charge in [-0.25, -0.2) is 4.79 Å². The number of carbonyl (C=O) groups is 3. The number of para-hydroxylation sites is 1. The van der Waals surface area contributed by atoms with Crippen LogP contribution in [-0.4, -0.2) is 51.5 Å². The van der Waals surface area contributed by atoms with Crippen molar-refractivity contribution in [3.8, 4) is 5.75 Å². The van der Waals surface area contributed by atoms with Gasteiger partial charge in [0.05, 0.1) is 24.5 Å².